The van der Waals surface area contributed by atoms with Crippen LogP contribution in [-0.2, 0) is 0 Å². The van der Waals surface area contributed by atoms with Crippen LogP contribution in [0.1, 0.15) is 43.7 Å². The minimum atomic E-state index is 0.222. The summed E-state index contributed by atoms with van der Waals surface area (Å²) in [5.41, 5.74) is 7.49. The highest BCUT2D eigenvalue weighted by molar-refractivity contribution is 6.31. The van der Waals surface area contributed by atoms with Crippen molar-refractivity contribution in [2.75, 3.05) is 6.61 Å². The summed E-state index contributed by atoms with van der Waals surface area (Å²) < 4.78 is 5.73. The number of rotatable bonds is 6. The van der Waals surface area contributed by atoms with Crippen LogP contribution >= 0.6 is 11.6 Å². The molecule has 0 amide bonds. The lowest BCUT2D eigenvalue weighted by atomic mass is 10.0. The summed E-state index contributed by atoms with van der Waals surface area (Å²) in [6, 6.07) is 3.92. The van der Waals surface area contributed by atoms with Crippen LogP contribution in [0.25, 0.3) is 0 Å². The van der Waals surface area contributed by atoms with Gasteiger partial charge in [-0.2, -0.15) is 0 Å². The maximum atomic E-state index is 8.43. The molecule has 0 unspecified atom stereocenters. The van der Waals surface area contributed by atoms with Gasteiger partial charge < -0.3 is 15.7 Å². The van der Waals surface area contributed by atoms with Gasteiger partial charge in [0, 0.05) is 11.4 Å². The summed E-state index contributed by atoms with van der Waals surface area (Å²) >= 11 is 6.20. The summed E-state index contributed by atoms with van der Waals surface area (Å²) in [7, 11) is 0. The topological polar surface area (TPSA) is 67.8 Å². The van der Waals surface area contributed by atoms with E-state index in [9.17, 15) is 0 Å². The maximum Gasteiger partial charge on any atom is 0.139 e. The van der Waals surface area contributed by atoms with E-state index in [0.717, 1.165) is 21.9 Å². The smallest absolute Gasteiger partial charge is 0.139 e. The van der Waals surface area contributed by atoms with Crippen LogP contribution in [0, 0.1) is 6.92 Å². The van der Waals surface area contributed by atoms with Crippen molar-refractivity contribution in [1.29, 1.82) is 0 Å². The first-order valence-electron chi connectivity index (χ1n) is 6.35. The van der Waals surface area contributed by atoms with Gasteiger partial charge in [0.25, 0.3) is 0 Å². The molecule has 1 aromatic carbocycles. The van der Waals surface area contributed by atoms with Crippen LogP contribution in [-0.4, -0.2) is 17.6 Å². The average Bonchev–Trinajstić information content (AvgIpc) is 2.35. The number of hydrogen-bond acceptors (Lipinski definition) is 3. The van der Waals surface area contributed by atoms with E-state index >= 15 is 0 Å². The Labute approximate surface area is 119 Å². The van der Waals surface area contributed by atoms with Gasteiger partial charge in [0.1, 0.15) is 11.6 Å². The number of aryl methyl sites for hydroxylation is 1. The molecule has 0 aliphatic carbocycles. The predicted molar refractivity (Wildman–Crippen MR) is 78.4 cm³/mol. The molecule has 1 rings (SSSR count). The van der Waals surface area contributed by atoms with E-state index in [4.69, 9.17) is 27.3 Å². The Morgan fingerprint density at radius 2 is 2.16 bits per heavy atom. The minimum absolute atomic E-state index is 0.222. The Hall–Kier alpha value is -1.42. The lowest BCUT2D eigenvalue weighted by molar-refractivity contribution is 0.304. The van der Waals surface area contributed by atoms with Gasteiger partial charge in [-0.25, -0.2) is 0 Å². The molecule has 3 N–H and O–H groups in total. The number of amidine groups is 1. The van der Waals surface area contributed by atoms with E-state index in [0.29, 0.717) is 25.4 Å². The highest BCUT2D eigenvalue weighted by Gasteiger charge is 2.10. The van der Waals surface area contributed by atoms with Crippen molar-refractivity contribution in [3.05, 3.63) is 28.3 Å². The molecular weight excluding hydrogens is 264 g/mol. The third kappa shape index (κ3) is 4.63. The molecule has 0 aliphatic heterocycles. The number of benzene rings is 1. The van der Waals surface area contributed by atoms with Crippen LogP contribution < -0.4 is 10.5 Å². The van der Waals surface area contributed by atoms with Crippen molar-refractivity contribution in [3.8, 4) is 5.75 Å². The van der Waals surface area contributed by atoms with Crippen LogP contribution in [0.15, 0.2) is 17.3 Å². The van der Waals surface area contributed by atoms with Gasteiger partial charge in [-0.05, 0) is 42.5 Å². The molecule has 19 heavy (non-hydrogen) atoms. The van der Waals surface area contributed by atoms with E-state index < -0.39 is 0 Å². The van der Waals surface area contributed by atoms with Crippen molar-refractivity contribution >= 4 is 17.4 Å². The van der Waals surface area contributed by atoms with Gasteiger partial charge in [-0.1, -0.05) is 30.6 Å². The zero-order valence-corrected chi connectivity index (χ0v) is 12.4. The monoisotopic (exact) mass is 284 g/mol. The number of nitrogens with zero attached hydrogens (tertiary/aromatic N) is 1. The Kier molecular flexibility index (Phi) is 5.96. The summed E-state index contributed by atoms with van der Waals surface area (Å²) in [5, 5.41) is 12.1. The Morgan fingerprint density at radius 1 is 1.47 bits per heavy atom. The molecule has 0 atom stereocenters. The predicted octanol–water partition coefficient (Wildman–Crippen LogP) is 3.68. The molecule has 0 saturated heterocycles. The zero-order valence-electron chi connectivity index (χ0n) is 11.6. The van der Waals surface area contributed by atoms with Gasteiger partial charge in [0.2, 0.25) is 0 Å². The van der Waals surface area contributed by atoms with Gasteiger partial charge in [0.15, 0.2) is 0 Å². The third-order valence-electron chi connectivity index (χ3n) is 2.88. The van der Waals surface area contributed by atoms with E-state index in [1.54, 1.807) is 0 Å². The standard InChI is InChI=1S/C14H21ClN2O2/c1-9(2)11-8-13(10(3)7-12(11)15)19-6-4-5-14(16)17-18/h7-9,18H,4-6H2,1-3H3,(H2,16,17). The van der Waals surface area contributed by atoms with E-state index in [1.165, 1.54) is 0 Å². The highest BCUT2D eigenvalue weighted by Crippen LogP contribution is 2.31. The molecule has 0 saturated carbocycles. The molecule has 0 spiro atoms. The van der Waals surface area contributed by atoms with Crippen molar-refractivity contribution in [2.24, 2.45) is 10.9 Å². The zero-order chi connectivity index (χ0) is 14.4. The molecule has 0 aromatic heterocycles. The van der Waals surface area contributed by atoms with Crippen LogP contribution in [0.5, 0.6) is 5.75 Å². The highest BCUT2D eigenvalue weighted by atomic mass is 35.5. The third-order valence-corrected chi connectivity index (χ3v) is 3.21. The maximum absolute atomic E-state index is 8.43. The normalized spacial score (nSPS) is 11.9. The first-order chi connectivity index (χ1) is 8.95. The van der Waals surface area contributed by atoms with E-state index in [-0.39, 0.29) is 5.84 Å². The van der Waals surface area contributed by atoms with E-state index in [2.05, 4.69) is 19.0 Å². The second-order valence-corrected chi connectivity index (χ2v) is 5.24. The molecular formula is C14H21ClN2O2. The molecule has 0 aliphatic rings. The molecule has 106 valence electrons. The van der Waals surface area contributed by atoms with Crippen LogP contribution in [0.2, 0.25) is 5.02 Å². The van der Waals surface area contributed by atoms with Crippen molar-refractivity contribution in [2.45, 2.75) is 39.5 Å². The molecule has 5 heteroatoms. The molecule has 1 aromatic rings. The largest absolute Gasteiger partial charge is 0.493 e. The van der Waals surface area contributed by atoms with Crippen molar-refractivity contribution in [3.63, 3.8) is 0 Å². The fraction of sp³-hybridized carbons (Fsp3) is 0.500. The Balaban J connectivity index is 2.65. The molecule has 0 bridgehead atoms. The quantitative estimate of drug-likeness (QED) is 0.275. The molecule has 0 heterocycles. The van der Waals surface area contributed by atoms with Gasteiger partial charge in [-0.3, -0.25) is 0 Å². The van der Waals surface area contributed by atoms with Gasteiger partial charge in [0.05, 0.1) is 6.61 Å². The lowest BCUT2D eigenvalue weighted by Gasteiger charge is -2.14. The van der Waals surface area contributed by atoms with Crippen molar-refractivity contribution in [1.82, 2.24) is 0 Å². The summed E-state index contributed by atoms with van der Waals surface area (Å²) in [5.74, 6) is 1.42. The summed E-state index contributed by atoms with van der Waals surface area (Å²) in [6.45, 7) is 6.68. The SMILES string of the molecule is Cc1cc(Cl)c(C(C)C)cc1OCCC/C(N)=N/O. The fourth-order valence-electron chi connectivity index (χ4n) is 1.75. The summed E-state index contributed by atoms with van der Waals surface area (Å²) in [6.07, 6.45) is 1.22. The molecule has 0 radical (unpaired) electrons. The number of oxime groups is 1. The second kappa shape index (κ2) is 7.24. The Bertz CT molecular complexity index is 459. The van der Waals surface area contributed by atoms with E-state index in [1.807, 2.05) is 19.1 Å². The number of halogens is 1. The molecule has 4 nitrogen and oxygen atoms in total. The number of ether oxygens (including phenoxy) is 1. The Morgan fingerprint density at radius 3 is 2.74 bits per heavy atom. The first kappa shape index (κ1) is 15.6. The lowest BCUT2D eigenvalue weighted by Crippen LogP contribution is -2.13. The second-order valence-electron chi connectivity index (χ2n) is 4.84. The average molecular weight is 285 g/mol. The van der Waals surface area contributed by atoms with Crippen LogP contribution in [0.4, 0.5) is 0 Å². The van der Waals surface area contributed by atoms with Gasteiger partial charge >= 0.3 is 0 Å². The van der Waals surface area contributed by atoms with Gasteiger partial charge in [-0.15, -0.1) is 0 Å². The fourth-order valence-corrected chi connectivity index (χ4v) is 2.19. The number of nitrogens with two attached hydrogens (primary N) is 1. The van der Waals surface area contributed by atoms with Crippen LogP contribution in [0.3, 0.4) is 0 Å². The summed E-state index contributed by atoms with van der Waals surface area (Å²) in [4.78, 5) is 0. The number of hydrogen-bond donors (Lipinski definition) is 2. The molecule has 0 fully saturated rings. The first-order valence-corrected chi connectivity index (χ1v) is 6.72. The minimum Gasteiger partial charge on any atom is -0.493 e. The van der Waals surface area contributed by atoms with Crippen molar-refractivity contribution < 1.29 is 9.94 Å².